The van der Waals surface area contributed by atoms with Crippen molar-refractivity contribution in [2.24, 2.45) is 5.92 Å². The molecule has 1 amide bonds. The number of piperidine rings is 1. The normalized spacial score (nSPS) is 25.5. The number of carbonyl (C=O) groups excluding carboxylic acids is 1. The van der Waals surface area contributed by atoms with Crippen LogP contribution in [0.25, 0.3) is 0 Å². The molecule has 1 aromatic heterocycles. The van der Waals surface area contributed by atoms with Crippen molar-refractivity contribution in [1.82, 2.24) is 20.1 Å². The molecule has 32 heavy (non-hydrogen) atoms. The summed E-state index contributed by atoms with van der Waals surface area (Å²) < 4.78 is 33.9. The summed E-state index contributed by atoms with van der Waals surface area (Å²) in [6.45, 7) is 5.24. The Balaban J connectivity index is 1.27. The maximum absolute atomic E-state index is 12.9. The molecule has 2 heterocycles. The molecule has 0 bridgehead atoms. The standard InChI is InChI=1S/C23H36N4O4S/c1-2-11-27-12-9-17(10-13-27)16-32(29,30)26-20-6-4-3-5-19(14-20)24-23(28)21-15-22(31-25-21)18-7-8-18/h3-4,15,17-20,26H,2,5-14,16H2,1H3,(H,24,28)/t19-,20-/m0/s1. The van der Waals surface area contributed by atoms with Gasteiger partial charge in [0.2, 0.25) is 10.0 Å². The Kier molecular flexibility index (Phi) is 7.68. The van der Waals surface area contributed by atoms with Crippen LogP contribution in [-0.2, 0) is 10.0 Å². The number of hydrogen-bond donors (Lipinski definition) is 2. The predicted octanol–water partition coefficient (Wildman–Crippen LogP) is 2.80. The van der Waals surface area contributed by atoms with Crippen LogP contribution in [0.5, 0.6) is 0 Å². The molecule has 4 rings (SSSR count). The molecule has 1 saturated heterocycles. The van der Waals surface area contributed by atoms with Crippen molar-refractivity contribution in [3.8, 4) is 0 Å². The lowest BCUT2D eigenvalue weighted by Gasteiger charge is -2.32. The molecular formula is C23H36N4O4S. The summed E-state index contributed by atoms with van der Waals surface area (Å²) >= 11 is 0. The molecule has 9 heteroatoms. The van der Waals surface area contributed by atoms with E-state index in [2.05, 4.69) is 27.0 Å². The first kappa shape index (κ1) is 23.4. The van der Waals surface area contributed by atoms with Crippen LogP contribution in [0.2, 0.25) is 0 Å². The molecule has 0 spiro atoms. The molecule has 1 saturated carbocycles. The second-order valence-electron chi connectivity index (χ2n) is 9.62. The molecular weight excluding hydrogens is 428 g/mol. The van der Waals surface area contributed by atoms with Gasteiger partial charge in [-0.2, -0.15) is 0 Å². The third kappa shape index (κ3) is 6.65. The SMILES string of the molecule is CCCN1CCC(CS(=O)(=O)N[C@H]2CC=CC[C@H](NC(=O)c3cc(C4CC4)on3)C2)CC1. The van der Waals surface area contributed by atoms with Crippen molar-refractivity contribution in [3.63, 3.8) is 0 Å². The van der Waals surface area contributed by atoms with E-state index >= 15 is 0 Å². The minimum atomic E-state index is -3.37. The van der Waals surface area contributed by atoms with E-state index in [1.807, 2.05) is 12.2 Å². The number of carbonyl (C=O) groups is 1. The lowest BCUT2D eigenvalue weighted by Crippen LogP contribution is -2.44. The lowest BCUT2D eigenvalue weighted by molar-refractivity contribution is 0.0925. The molecule has 2 atom stereocenters. The zero-order valence-corrected chi connectivity index (χ0v) is 19.8. The van der Waals surface area contributed by atoms with Crippen LogP contribution in [0, 0.1) is 5.92 Å². The van der Waals surface area contributed by atoms with E-state index in [4.69, 9.17) is 4.52 Å². The third-order valence-electron chi connectivity index (χ3n) is 6.70. The number of aromatic nitrogens is 1. The van der Waals surface area contributed by atoms with Gasteiger partial charge in [0.25, 0.3) is 5.91 Å². The van der Waals surface area contributed by atoms with E-state index < -0.39 is 10.0 Å². The van der Waals surface area contributed by atoms with Crippen LogP contribution in [0.3, 0.4) is 0 Å². The largest absolute Gasteiger partial charge is 0.360 e. The highest BCUT2D eigenvalue weighted by molar-refractivity contribution is 7.89. The smallest absolute Gasteiger partial charge is 0.273 e. The van der Waals surface area contributed by atoms with Gasteiger partial charge in [-0.25, -0.2) is 13.1 Å². The van der Waals surface area contributed by atoms with E-state index in [1.54, 1.807) is 6.07 Å². The Labute approximate surface area is 191 Å². The van der Waals surface area contributed by atoms with Gasteiger partial charge in [0.15, 0.2) is 5.69 Å². The van der Waals surface area contributed by atoms with Crippen LogP contribution in [0.15, 0.2) is 22.7 Å². The molecule has 2 N–H and O–H groups in total. The first-order valence-electron chi connectivity index (χ1n) is 12.1. The number of amides is 1. The van der Waals surface area contributed by atoms with Crippen molar-refractivity contribution in [2.45, 2.75) is 76.3 Å². The zero-order chi connectivity index (χ0) is 22.6. The summed E-state index contributed by atoms with van der Waals surface area (Å²) in [5.74, 6) is 1.32. The van der Waals surface area contributed by atoms with Crippen molar-refractivity contribution >= 4 is 15.9 Å². The highest BCUT2D eigenvalue weighted by Crippen LogP contribution is 2.40. The maximum Gasteiger partial charge on any atom is 0.273 e. The van der Waals surface area contributed by atoms with Crippen molar-refractivity contribution in [3.05, 3.63) is 29.7 Å². The Morgan fingerprint density at radius 3 is 2.56 bits per heavy atom. The van der Waals surface area contributed by atoms with E-state index in [-0.39, 0.29) is 29.7 Å². The van der Waals surface area contributed by atoms with Gasteiger partial charge < -0.3 is 14.7 Å². The molecule has 0 unspecified atom stereocenters. The van der Waals surface area contributed by atoms with Crippen LogP contribution in [0.4, 0.5) is 0 Å². The van der Waals surface area contributed by atoms with Gasteiger partial charge in [-0.15, -0.1) is 0 Å². The molecule has 0 radical (unpaired) electrons. The minimum Gasteiger partial charge on any atom is -0.360 e. The summed E-state index contributed by atoms with van der Waals surface area (Å²) in [5.41, 5.74) is 0.298. The van der Waals surface area contributed by atoms with Crippen LogP contribution in [0.1, 0.15) is 80.5 Å². The molecule has 2 aliphatic carbocycles. The average Bonchev–Trinajstić information content (AvgIpc) is 3.52. The van der Waals surface area contributed by atoms with Crippen LogP contribution >= 0.6 is 0 Å². The fourth-order valence-corrected chi connectivity index (χ4v) is 6.54. The van der Waals surface area contributed by atoms with Crippen molar-refractivity contribution in [1.29, 1.82) is 0 Å². The van der Waals surface area contributed by atoms with Crippen LogP contribution in [-0.4, -0.2) is 61.9 Å². The topological polar surface area (TPSA) is 105 Å². The van der Waals surface area contributed by atoms with Gasteiger partial charge in [0.1, 0.15) is 5.76 Å². The Morgan fingerprint density at radius 1 is 1.16 bits per heavy atom. The third-order valence-corrected chi connectivity index (χ3v) is 8.30. The molecule has 1 aromatic rings. The number of hydrogen-bond acceptors (Lipinski definition) is 6. The minimum absolute atomic E-state index is 0.146. The number of sulfonamides is 1. The second kappa shape index (κ2) is 10.5. The highest BCUT2D eigenvalue weighted by atomic mass is 32.2. The Bertz CT molecular complexity index is 901. The Morgan fingerprint density at radius 2 is 1.88 bits per heavy atom. The van der Waals surface area contributed by atoms with E-state index in [1.165, 1.54) is 0 Å². The summed E-state index contributed by atoms with van der Waals surface area (Å²) in [6, 6.07) is 1.36. The summed E-state index contributed by atoms with van der Waals surface area (Å²) in [7, 11) is -3.37. The second-order valence-corrected chi connectivity index (χ2v) is 11.4. The summed E-state index contributed by atoms with van der Waals surface area (Å²) in [4.78, 5) is 15.0. The highest BCUT2D eigenvalue weighted by Gasteiger charge is 2.30. The summed E-state index contributed by atoms with van der Waals surface area (Å²) in [5, 5.41) is 6.92. The van der Waals surface area contributed by atoms with Crippen LogP contribution < -0.4 is 10.0 Å². The van der Waals surface area contributed by atoms with Crippen molar-refractivity contribution in [2.75, 3.05) is 25.4 Å². The van der Waals surface area contributed by atoms with Gasteiger partial charge in [-0.3, -0.25) is 4.79 Å². The van der Waals surface area contributed by atoms with Gasteiger partial charge >= 0.3 is 0 Å². The van der Waals surface area contributed by atoms with Gasteiger partial charge in [-0.1, -0.05) is 24.2 Å². The van der Waals surface area contributed by atoms with Crippen molar-refractivity contribution < 1.29 is 17.7 Å². The molecule has 0 aromatic carbocycles. The monoisotopic (exact) mass is 464 g/mol. The fraction of sp³-hybridized carbons (Fsp3) is 0.739. The quantitative estimate of drug-likeness (QED) is 0.545. The fourth-order valence-electron chi connectivity index (χ4n) is 4.79. The number of rotatable bonds is 9. The van der Waals surface area contributed by atoms with E-state index in [0.717, 1.165) is 57.5 Å². The average molecular weight is 465 g/mol. The molecule has 3 aliphatic rings. The molecule has 2 fully saturated rings. The Hall–Kier alpha value is -1.71. The molecule has 8 nitrogen and oxygen atoms in total. The molecule has 1 aliphatic heterocycles. The lowest BCUT2D eigenvalue weighted by atomic mass is 9.99. The maximum atomic E-state index is 12.9. The van der Waals surface area contributed by atoms with E-state index in [9.17, 15) is 13.2 Å². The van der Waals surface area contributed by atoms with Gasteiger partial charge in [0.05, 0.1) is 5.75 Å². The number of nitrogens with zero attached hydrogens (tertiary/aromatic N) is 2. The number of likely N-dealkylation sites (tertiary alicyclic amines) is 1. The predicted molar refractivity (Wildman–Crippen MR) is 123 cm³/mol. The summed E-state index contributed by atoms with van der Waals surface area (Å²) in [6.07, 6.45) is 11.1. The first-order chi connectivity index (χ1) is 15.4. The zero-order valence-electron chi connectivity index (χ0n) is 19.0. The first-order valence-corrected chi connectivity index (χ1v) is 13.7. The van der Waals surface area contributed by atoms with Gasteiger partial charge in [-0.05, 0) is 76.9 Å². The van der Waals surface area contributed by atoms with E-state index in [0.29, 0.717) is 30.9 Å². The number of nitrogens with one attached hydrogen (secondary N) is 2. The van der Waals surface area contributed by atoms with Gasteiger partial charge in [0, 0.05) is 24.1 Å². The molecule has 178 valence electrons.